The molecule has 1 aliphatic carbocycles. The van der Waals surface area contributed by atoms with E-state index in [2.05, 4.69) is 30.6 Å². The van der Waals surface area contributed by atoms with Crippen molar-refractivity contribution in [2.45, 2.75) is 12.8 Å². The Morgan fingerprint density at radius 3 is 2.96 bits per heavy atom. The number of rotatable bonds is 6. The number of nitrogens with zero attached hydrogens (tertiary/aromatic N) is 5. The summed E-state index contributed by atoms with van der Waals surface area (Å²) in [6.45, 7) is 0.854. The highest BCUT2D eigenvalue weighted by atomic mass is 16.7. The summed E-state index contributed by atoms with van der Waals surface area (Å²) in [6.07, 6.45) is 3.80. The highest BCUT2D eigenvalue weighted by molar-refractivity contribution is 6.05. The number of anilines is 2. The molecule has 1 aliphatic rings. The van der Waals surface area contributed by atoms with Crippen molar-refractivity contribution in [3.8, 4) is 5.75 Å². The van der Waals surface area contributed by atoms with Crippen LogP contribution < -0.4 is 15.4 Å². The molecule has 27 heavy (non-hydrogen) atoms. The molecule has 140 valence electrons. The van der Waals surface area contributed by atoms with Crippen molar-refractivity contribution in [1.82, 2.24) is 24.4 Å². The summed E-state index contributed by atoms with van der Waals surface area (Å²) in [4.78, 5) is 27.7. The molecule has 4 rings (SSSR count). The lowest BCUT2D eigenvalue weighted by Crippen LogP contribution is -2.18. The molecule has 0 spiro atoms. The SMILES string of the molecule is Cn1ncc(OC(=O)O)c1C(=O)Nc1ccn2nc(NCC3CC3)nc2c1. The maximum absolute atomic E-state index is 12.5. The number of hydrogen-bond acceptors (Lipinski definition) is 7. The highest BCUT2D eigenvalue weighted by Gasteiger charge is 2.22. The van der Waals surface area contributed by atoms with Crippen LogP contribution in [-0.2, 0) is 7.05 Å². The van der Waals surface area contributed by atoms with Crippen LogP contribution >= 0.6 is 0 Å². The first-order valence-corrected chi connectivity index (χ1v) is 8.34. The van der Waals surface area contributed by atoms with Gasteiger partial charge in [0, 0.05) is 31.5 Å². The second-order valence-corrected chi connectivity index (χ2v) is 6.28. The number of hydrogen-bond donors (Lipinski definition) is 3. The molecule has 0 unspecified atom stereocenters. The fraction of sp³-hybridized carbons (Fsp3) is 0.312. The third-order valence-corrected chi connectivity index (χ3v) is 4.16. The summed E-state index contributed by atoms with van der Waals surface area (Å²) in [5.74, 6) is 0.543. The third-order valence-electron chi connectivity index (χ3n) is 4.16. The molecule has 3 heterocycles. The van der Waals surface area contributed by atoms with Gasteiger partial charge in [-0.3, -0.25) is 9.48 Å². The molecule has 0 aliphatic heterocycles. The molecule has 3 N–H and O–H groups in total. The average molecular weight is 371 g/mol. The second-order valence-electron chi connectivity index (χ2n) is 6.28. The van der Waals surface area contributed by atoms with Gasteiger partial charge in [0.2, 0.25) is 5.95 Å². The summed E-state index contributed by atoms with van der Waals surface area (Å²) in [5.41, 5.74) is 1.04. The highest BCUT2D eigenvalue weighted by Crippen LogP contribution is 2.28. The van der Waals surface area contributed by atoms with E-state index in [9.17, 15) is 9.59 Å². The van der Waals surface area contributed by atoms with E-state index in [0.717, 1.165) is 6.54 Å². The van der Waals surface area contributed by atoms with E-state index in [1.54, 1.807) is 22.8 Å². The lowest BCUT2D eigenvalue weighted by molar-refractivity contribution is 0.101. The van der Waals surface area contributed by atoms with E-state index in [1.165, 1.54) is 30.8 Å². The molecule has 3 aromatic rings. The van der Waals surface area contributed by atoms with Crippen molar-refractivity contribution in [2.24, 2.45) is 13.0 Å². The average Bonchev–Trinajstić information content (AvgIpc) is 3.25. The molecule has 1 saturated carbocycles. The number of fused-ring (bicyclic) bond motifs is 1. The fourth-order valence-electron chi connectivity index (χ4n) is 2.63. The predicted molar refractivity (Wildman–Crippen MR) is 94.0 cm³/mol. The molecule has 0 aromatic carbocycles. The van der Waals surface area contributed by atoms with Gasteiger partial charge >= 0.3 is 6.16 Å². The Hall–Kier alpha value is -3.63. The minimum Gasteiger partial charge on any atom is -0.449 e. The zero-order valence-electron chi connectivity index (χ0n) is 14.4. The maximum atomic E-state index is 12.5. The summed E-state index contributed by atoms with van der Waals surface area (Å²) in [5, 5.41) is 22.8. The van der Waals surface area contributed by atoms with Gasteiger partial charge in [-0.2, -0.15) is 10.1 Å². The first-order chi connectivity index (χ1) is 13.0. The summed E-state index contributed by atoms with van der Waals surface area (Å²) >= 11 is 0. The van der Waals surface area contributed by atoms with E-state index in [1.807, 2.05) is 0 Å². The topological polar surface area (TPSA) is 136 Å². The first-order valence-electron chi connectivity index (χ1n) is 8.34. The van der Waals surface area contributed by atoms with E-state index in [4.69, 9.17) is 5.11 Å². The Balaban J connectivity index is 1.51. The minimum atomic E-state index is -1.52. The lowest BCUT2D eigenvalue weighted by Gasteiger charge is -2.07. The fourth-order valence-corrected chi connectivity index (χ4v) is 2.63. The van der Waals surface area contributed by atoms with Crippen molar-refractivity contribution in [1.29, 1.82) is 0 Å². The van der Waals surface area contributed by atoms with Crippen LogP contribution in [-0.4, -0.2) is 48.1 Å². The van der Waals surface area contributed by atoms with Crippen LogP contribution in [0.2, 0.25) is 0 Å². The number of carboxylic acid groups (broad SMARTS) is 1. The van der Waals surface area contributed by atoms with Gasteiger partial charge in [-0.15, -0.1) is 5.10 Å². The number of aryl methyl sites for hydroxylation is 1. The van der Waals surface area contributed by atoms with Crippen molar-refractivity contribution in [2.75, 3.05) is 17.2 Å². The molecule has 0 radical (unpaired) electrons. The van der Waals surface area contributed by atoms with Gasteiger partial charge in [0.05, 0.1) is 6.20 Å². The Labute approximate surface area is 153 Å². The van der Waals surface area contributed by atoms with Crippen LogP contribution in [0, 0.1) is 5.92 Å². The Morgan fingerprint density at radius 2 is 2.22 bits per heavy atom. The molecular weight excluding hydrogens is 354 g/mol. The molecule has 0 saturated heterocycles. The van der Waals surface area contributed by atoms with Gasteiger partial charge in [-0.1, -0.05) is 0 Å². The van der Waals surface area contributed by atoms with Crippen LogP contribution in [0.1, 0.15) is 23.3 Å². The zero-order chi connectivity index (χ0) is 19.0. The van der Waals surface area contributed by atoms with Crippen molar-refractivity contribution in [3.05, 3.63) is 30.2 Å². The number of carbonyl (C=O) groups excluding carboxylic acids is 1. The van der Waals surface area contributed by atoms with Gasteiger partial charge < -0.3 is 20.5 Å². The van der Waals surface area contributed by atoms with Crippen LogP contribution in [0.5, 0.6) is 5.75 Å². The standard InChI is InChI=1S/C16H17N7O4/c1-22-13(11(8-18-22)27-16(25)26)14(24)19-10-4-5-23-12(6-10)20-15(21-23)17-7-9-2-3-9/h4-6,8-9H,2-3,7H2,1H3,(H,17,21)(H,19,24)(H,25,26). The Bertz CT molecular complexity index is 1020. The van der Waals surface area contributed by atoms with E-state index < -0.39 is 12.1 Å². The Kier molecular flexibility index (Phi) is 4.11. The molecule has 11 nitrogen and oxygen atoms in total. The van der Waals surface area contributed by atoms with Crippen LogP contribution in [0.25, 0.3) is 5.65 Å². The first kappa shape index (κ1) is 16.8. The van der Waals surface area contributed by atoms with Gasteiger partial charge in [0.1, 0.15) is 0 Å². The van der Waals surface area contributed by atoms with Crippen molar-refractivity contribution in [3.63, 3.8) is 0 Å². The molecule has 11 heteroatoms. The Morgan fingerprint density at radius 1 is 1.41 bits per heavy atom. The van der Waals surface area contributed by atoms with Crippen LogP contribution in [0.15, 0.2) is 24.5 Å². The van der Waals surface area contributed by atoms with E-state index in [0.29, 0.717) is 23.2 Å². The van der Waals surface area contributed by atoms with Gasteiger partial charge in [-0.25, -0.2) is 9.31 Å². The van der Waals surface area contributed by atoms with Gasteiger partial charge in [0.25, 0.3) is 5.91 Å². The van der Waals surface area contributed by atoms with Crippen molar-refractivity contribution < 1.29 is 19.4 Å². The summed E-state index contributed by atoms with van der Waals surface area (Å²) in [6, 6.07) is 3.33. The smallest absolute Gasteiger partial charge is 0.449 e. The monoisotopic (exact) mass is 371 g/mol. The van der Waals surface area contributed by atoms with Crippen LogP contribution in [0.4, 0.5) is 16.4 Å². The number of carbonyl (C=O) groups is 2. The lowest BCUT2D eigenvalue weighted by atomic mass is 10.3. The number of nitrogens with one attached hydrogen (secondary N) is 2. The quantitative estimate of drug-likeness (QED) is 0.556. The molecule has 0 atom stereocenters. The van der Waals surface area contributed by atoms with E-state index >= 15 is 0 Å². The number of aromatic nitrogens is 5. The normalized spacial score (nSPS) is 13.5. The maximum Gasteiger partial charge on any atom is 0.511 e. The molecule has 1 amide bonds. The third kappa shape index (κ3) is 3.66. The summed E-state index contributed by atoms with van der Waals surface area (Å²) in [7, 11) is 1.52. The van der Waals surface area contributed by atoms with Crippen LogP contribution in [0.3, 0.4) is 0 Å². The molecule has 1 fully saturated rings. The number of pyridine rings is 1. The zero-order valence-corrected chi connectivity index (χ0v) is 14.4. The predicted octanol–water partition coefficient (Wildman–Crippen LogP) is 1.59. The molecule has 3 aromatic heterocycles. The number of ether oxygens (including phenoxy) is 1. The van der Waals surface area contributed by atoms with E-state index in [-0.39, 0.29) is 11.4 Å². The minimum absolute atomic E-state index is 0.00877. The largest absolute Gasteiger partial charge is 0.511 e. The van der Waals surface area contributed by atoms with Gasteiger partial charge in [0.15, 0.2) is 17.1 Å². The van der Waals surface area contributed by atoms with Crippen molar-refractivity contribution >= 4 is 29.3 Å². The molecular formula is C16H17N7O4. The summed E-state index contributed by atoms with van der Waals surface area (Å²) < 4.78 is 7.43. The number of amides is 1. The molecule has 0 bridgehead atoms. The van der Waals surface area contributed by atoms with Gasteiger partial charge in [-0.05, 0) is 24.8 Å². The second kappa shape index (κ2) is 6.59.